The van der Waals surface area contributed by atoms with E-state index in [0.717, 1.165) is 4.90 Å². The lowest BCUT2D eigenvalue weighted by Gasteiger charge is -2.23. The van der Waals surface area contributed by atoms with Crippen LogP contribution < -0.4 is 11.1 Å². The van der Waals surface area contributed by atoms with Gasteiger partial charge in [0.25, 0.3) is 0 Å². The molecule has 0 aromatic rings. The molecule has 11 nitrogen and oxygen atoms in total. The number of carboxylic acid groups (broad SMARTS) is 2. The van der Waals surface area contributed by atoms with Gasteiger partial charge in [0.1, 0.15) is 12.7 Å². The lowest BCUT2D eigenvalue weighted by atomic mass is 10.1. The molecule has 0 aromatic carbocycles. The molecular formula is C13H23N5O6. The van der Waals surface area contributed by atoms with Gasteiger partial charge in [0.05, 0.1) is 26.2 Å². The van der Waals surface area contributed by atoms with Gasteiger partial charge in [-0.25, -0.2) is 14.4 Å². The van der Waals surface area contributed by atoms with E-state index in [-0.39, 0.29) is 37.7 Å². The first-order valence-corrected chi connectivity index (χ1v) is 7.29. The molecule has 0 spiro atoms. The molecule has 1 aliphatic rings. The lowest BCUT2D eigenvalue weighted by Crippen LogP contribution is -2.47. The summed E-state index contributed by atoms with van der Waals surface area (Å²) >= 11 is 0. The zero-order valence-electron chi connectivity index (χ0n) is 13.8. The number of nitrogens with zero attached hydrogens (tertiary/aromatic N) is 3. The fourth-order valence-corrected chi connectivity index (χ4v) is 2.15. The molecule has 1 rings (SSSR count). The van der Waals surface area contributed by atoms with Gasteiger partial charge in [0, 0.05) is 0 Å². The molecule has 1 aliphatic heterocycles. The smallest absolute Gasteiger partial charge is 0.408 e. The Morgan fingerprint density at radius 1 is 1.38 bits per heavy atom. The molecule has 0 radical (unpaired) electrons. The highest BCUT2D eigenvalue weighted by Gasteiger charge is 2.39. The van der Waals surface area contributed by atoms with E-state index in [1.807, 2.05) is 13.8 Å². The third-order valence-electron chi connectivity index (χ3n) is 3.69. The monoisotopic (exact) mass is 345 g/mol. The van der Waals surface area contributed by atoms with Crippen molar-refractivity contribution >= 4 is 24.1 Å². The summed E-state index contributed by atoms with van der Waals surface area (Å²) < 4.78 is 4.54. The molecule has 1 saturated heterocycles. The van der Waals surface area contributed by atoms with Crippen LogP contribution in [0.1, 0.15) is 13.8 Å². The van der Waals surface area contributed by atoms with E-state index in [1.165, 1.54) is 12.0 Å². The van der Waals surface area contributed by atoms with Crippen LogP contribution in [-0.4, -0.2) is 83.1 Å². The van der Waals surface area contributed by atoms with Crippen molar-refractivity contribution in [2.24, 2.45) is 16.6 Å². The summed E-state index contributed by atoms with van der Waals surface area (Å²) in [4.78, 5) is 39.8. The minimum Gasteiger partial charge on any atom is -0.480 e. The molecule has 0 aromatic heterocycles. The maximum Gasteiger partial charge on any atom is 0.408 e. The number of hydrogen-bond donors (Lipinski definition) is 4. The van der Waals surface area contributed by atoms with Crippen LogP contribution >= 0.6 is 0 Å². The van der Waals surface area contributed by atoms with Crippen LogP contribution in [0.2, 0.25) is 0 Å². The van der Waals surface area contributed by atoms with Crippen LogP contribution in [0.5, 0.6) is 0 Å². The SMILES string of the molecule is COC(=O)NC(CN=C(N)N1CN(C(=O)O)CC1C(=O)O)C(C)C. The number of methoxy groups -OCH3 is 1. The number of amides is 2. The predicted octanol–water partition coefficient (Wildman–Crippen LogP) is -0.612. The number of alkyl carbamates (subject to hydrolysis) is 1. The molecule has 5 N–H and O–H groups in total. The van der Waals surface area contributed by atoms with E-state index in [4.69, 9.17) is 10.8 Å². The van der Waals surface area contributed by atoms with Crippen molar-refractivity contribution in [1.82, 2.24) is 15.1 Å². The summed E-state index contributed by atoms with van der Waals surface area (Å²) in [5, 5.41) is 20.8. The summed E-state index contributed by atoms with van der Waals surface area (Å²) in [6, 6.07) is -1.46. The maximum absolute atomic E-state index is 11.3. The highest BCUT2D eigenvalue weighted by molar-refractivity contribution is 5.86. The second-order valence-electron chi connectivity index (χ2n) is 5.66. The Labute approximate surface area is 139 Å². The first kappa shape index (κ1) is 19.3. The number of nitrogens with two attached hydrogens (primary N) is 1. The van der Waals surface area contributed by atoms with Crippen LogP contribution in [0.3, 0.4) is 0 Å². The second-order valence-corrected chi connectivity index (χ2v) is 5.66. The minimum atomic E-state index is -1.23. The molecule has 0 saturated carbocycles. The third kappa shape index (κ3) is 4.89. The number of rotatable bonds is 5. The second kappa shape index (κ2) is 8.22. The van der Waals surface area contributed by atoms with Gasteiger partial charge in [0.15, 0.2) is 5.96 Å². The molecular weight excluding hydrogens is 322 g/mol. The molecule has 2 atom stereocenters. The molecule has 136 valence electrons. The Bertz CT molecular complexity index is 523. The van der Waals surface area contributed by atoms with Crippen molar-refractivity contribution in [3.05, 3.63) is 0 Å². The molecule has 11 heteroatoms. The zero-order valence-corrected chi connectivity index (χ0v) is 13.8. The molecule has 0 aliphatic carbocycles. The summed E-state index contributed by atoms with van der Waals surface area (Å²) in [6.45, 7) is 3.46. The first-order valence-electron chi connectivity index (χ1n) is 7.29. The van der Waals surface area contributed by atoms with Crippen molar-refractivity contribution in [2.75, 3.05) is 26.9 Å². The van der Waals surface area contributed by atoms with Crippen molar-refractivity contribution in [3.8, 4) is 0 Å². The Morgan fingerprint density at radius 3 is 2.46 bits per heavy atom. The number of nitrogens with one attached hydrogen (secondary N) is 1. The van der Waals surface area contributed by atoms with E-state index in [1.54, 1.807) is 0 Å². The van der Waals surface area contributed by atoms with Gasteiger partial charge in [-0.05, 0) is 5.92 Å². The number of guanidine groups is 1. The number of hydrogen-bond acceptors (Lipinski definition) is 5. The maximum atomic E-state index is 11.3. The molecule has 2 unspecified atom stereocenters. The summed E-state index contributed by atoms with van der Waals surface area (Å²) in [5.41, 5.74) is 5.83. The number of carbonyl (C=O) groups is 3. The molecule has 24 heavy (non-hydrogen) atoms. The van der Waals surface area contributed by atoms with Crippen LogP contribution in [0.25, 0.3) is 0 Å². The van der Waals surface area contributed by atoms with E-state index in [2.05, 4.69) is 15.0 Å². The number of carboxylic acids is 1. The average molecular weight is 345 g/mol. The lowest BCUT2D eigenvalue weighted by molar-refractivity contribution is -0.140. The Hall–Kier alpha value is -2.72. The molecule has 1 fully saturated rings. The summed E-state index contributed by atoms with van der Waals surface area (Å²) in [6.07, 6.45) is -1.84. The number of ether oxygens (including phenoxy) is 1. The molecule has 2 amide bonds. The van der Waals surface area contributed by atoms with E-state index in [0.29, 0.717) is 0 Å². The summed E-state index contributed by atoms with van der Waals surface area (Å²) in [5.74, 6) is -1.25. The Kier molecular flexibility index (Phi) is 6.62. The largest absolute Gasteiger partial charge is 0.480 e. The first-order chi connectivity index (χ1) is 11.2. The quantitative estimate of drug-likeness (QED) is 0.379. The van der Waals surface area contributed by atoms with Gasteiger partial charge < -0.3 is 30.9 Å². The Morgan fingerprint density at radius 2 is 2.00 bits per heavy atom. The highest BCUT2D eigenvalue weighted by atomic mass is 16.5. The van der Waals surface area contributed by atoms with Crippen LogP contribution in [0, 0.1) is 5.92 Å². The predicted molar refractivity (Wildman–Crippen MR) is 83.5 cm³/mol. The van der Waals surface area contributed by atoms with Crippen LogP contribution in [0.4, 0.5) is 9.59 Å². The van der Waals surface area contributed by atoms with Crippen molar-refractivity contribution < 1.29 is 29.3 Å². The minimum absolute atomic E-state index is 0.0324. The molecule has 1 heterocycles. The topological polar surface area (TPSA) is 158 Å². The van der Waals surface area contributed by atoms with Crippen LogP contribution in [0.15, 0.2) is 4.99 Å². The molecule has 0 bridgehead atoms. The van der Waals surface area contributed by atoms with Crippen molar-refractivity contribution in [3.63, 3.8) is 0 Å². The number of carbonyl (C=O) groups excluding carboxylic acids is 1. The fraction of sp³-hybridized carbons (Fsp3) is 0.692. The van der Waals surface area contributed by atoms with Gasteiger partial charge in [0.2, 0.25) is 0 Å². The standard InChI is InChI=1S/C13H23N5O6/c1-7(2)8(16-12(21)24-3)4-15-11(14)18-6-17(13(22)23)5-9(18)10(19)20/h7-9H,4-6H2,1-3H3,(H2,14,15)(H,16,21)(H,19,20)(H,22,23). The van der Waals surface area contributed by atoms with Crippen molar-refractivity contribution in [1.29, 1.82) is 0 Å². The van der Waals surface area contributed by atoms with E-state index >= 15 is 0 Å². The number of aliphatic carboxylic acids is 1. The number of aliphatic imine (C=N–C) groups is 1. The van der Waals surface area contributed by atoms with Gasteiger partial charge in [-0.3, -0.25) is 9.89 Å². The zero-order chi connectivity index (χ0) is 18.4. The van der Waals surface area contributed by atoms with E-state index in [9.17, 15) is 19.5 Å². The fourth-order valence-electron chi connectivity index (χ4n) is 2.15. The van der Waals surface area contributed by atoms with Gasteiger partial charge >= 0.3 is 18.2 Å². The van der Waals surface area contributed by atoms with Gasteiger partial charge in [-0.2, -0.15) is 0 Å². The highest BCUT2D eigenvalue weighted by Crippen LogP contribution is 2.14. The van der Waals surface area contributed by atoms with Gasteiger partial charge in [-0.1, -0.05) is 13.8 Å². The normalized spacial score (nSPS) is 19.3. The Balaban J connectivity index is 2.83. The van der Waals surface area contributed by atoms with Gasteiger partial charge in [-0.15, -0.1) is 0 Å². The third-order valence-corrected chi connectivity index (χ3v) is 3.69. The average Bonchev–Trinajstić information content (AvgIpc) is 2.96. The summed E-state index contributed by atoms with van der Waals surface area (Å²) in [7, 11) is 1.24. The van der Waals surface area contributed by atoms with E-state index < -0.39 is 24.2 Å². The van der Waals surface area contributed by atoms with Crippen molar-refractivity contribution in [2.45, 2.75) is 25.9 Å². The van der Waals surface area contributed by atoms with Crippen LogP contribution in [-0.2, 0) is 9.53 Å².